The fourth-order valence-corrected chi connectivity index (χ4v) is 5.26. The molecule has 1 fully saturated rings. The number of piperidine rings is 1. The Labute approximate surface area is 189 Å². The third-order valence-corrected chi connectivity index (χ3v) is 6.87. The number of para-hydroxylation sites is 1. The van der Waals surface area contributed by atoms with E-state index in [9.17, 15) is 28.2 Å². The average molecular weight is 476 g/mol. The van der Waals surface area contributed by atoms with Crippen LogP contribution in [0.4, 0.5) is 13.2 Å². The topological polar surface area (TPSA) is 86.8 Å². The molecular weight excluding hydrogens is 457 g/mol. The Bertz CT molecular complexity index is 1390. The Morgan fingerprint density at radius 2 is 1.82 bits per heavy atom. The maximum atomic E-state index is 14.1. The highest BCUT2D eigenvalue weighted by atomic mass is 32.1. The first kappa shape index (κ1) is 21.7. The Hall–Kier alpha value is -3.11. The summed E-state index contributed by atoms with van der Waals surface area (Å²) < 4.78 is 48.2. The van der Waals surface area contributed by atoms with E-state index in [1.807, 2.05) is 4.90 Å². The van der Waals surface area contributed by atoms with Crippen LogP contribution in [0.5, 0.6) is 11.5 Å². The average Bonchev–Trinajstić information content (AvgIpc) is 3.19. The molecule has 2 N–H and O–H groups in total. The molecule has 0 saturated carbocycles. The van der Waals surface area contributed by atoms with Gasteiger partial charge in [0.1, 0.15) is 27.5 Å². The van der Waals surface area contributed by atoms with Crippen molar-refractivity contribution in [2.45, 2.75) is 32.0 Å². The summed E-state index contributed by atoms with van der Waals surface area (Å²) in [6.07, 6.45) is -2.09. The number of aromatic hydroxyl groups is 2. The molecule has 5 rings (SSSR count). The maximum Gasteiger partial charge on any atom is 0.450 e. The predicted molar refractivity (Wildman–Crippen MR) is 119 cm³/mol. The van der Waals surface area contributed by atoms with Gasteiger partial charge in [0.25, 0.3) is 0 Å². The van der Waals surface area contributed by atoms with Crippen molar-refractivity contribution in [3.8, 4) is 22.1 Å². The molecule has 33 heavy (non-hydrogen) atoms. The lowest BCUT2D eigenvalue weighted by Crippen LogP contribution is -2.29. The molecule has 2 aromatic carbocycles. The highest BCUT2D eigenvalue weighted by Crippen LogP contribution is 2.43. The molecule has 172 valence electrons. The number of phenols is 2. The van der Waals surface area contributed by atoms with Gasteiger partial charge in [0.2, 0.25) is 11.2 Å². The van der Waals surface area contributed by atoms with Gasteiger partial charge in [0.05, 0.1) is 15.8 Å². The number of alkyl halides is 3. The lowest BCUT2D eigenvalue weighted by atomic mass is 10.0. The van der Waals surface area contributed by atoms with Crippen LogP contribution < -0.4 is 5.43 Å². The number of hydrogen-bond donors (Lipinski definition) is 2. The third-order valence-electron chi connectivity index (χ3n) is 5.82. The van der Waals surface area contributed by atoms with Crippen molar-refractivity contribution in [3.63, 3.8) is 0 Å². The Morgan fingerprint density at radius 3 is 2.52 bits per heavy atom. The number of hydrogen-bond acceptors (Lipinski definition) is 7. The van der Waals surface area contributed by atoms with Gasteiger partial charge in [-0.3, -0.25) is 9.69 Å². The van der Waals surface area contributed by atoms with Crippen LogP contribution in [0.25, 0.3) is 31.8 Å². The van der Waals surface area contributed by atoms with Crippen molar-refractivity contribution in [2.24, 2.45) is 0 Å². The van der Waals surface area contributed by atoms with Gasteiger partial charge in [-0.15, -0.1) is 11.3 Å². The number of benzene rings is 2. The number of fused-ring (bicyclic) bond motifs is 2. The molecule has 0 radical (unpaired) electrons. The molecule has 0 spiro atoms. The molecular formula is C23H19F3N2O4S. The van der Waals surface area contributed by atoms with Gasteiger partial charge in [0.15, 0.2) is 5.58 Å². The summed E-state index contributed by atoms with van der Waals surface area (Å²) in [6, 6.07) is 7.73. The number of thiazole rings is 1. The third kappa shape index (κ3) is 3.83. The van der Waals surface area contributed by atoms with E-state index in [1.54, 1.807) is 24.3 Å². The van der Waals surface area contributed by atoms with Gasteiger partial charge in [0, 0.05) is 12.6 Å². The van der Waals surface area contributed by atoms with Crippen LogP contribution in [0.15, 0.2) is 39.5 Å². The molecule has 6 nitrogen and oxygen atoms in total. The zero-order valence-electron chi connectivity index (χ0n) is 17.3. The van der Waals surface area contributed by atoms with E-state index in [0.29, 0.717) is 23.3 Å². The van der Waals surface area contributed by atoms with Crippen LogP contribution in [0.2, 0.25) is 0 Å². The van der Waals surface area contributed by atoms with Crippen LogP contribution in [-0.2, 0) is 12.7 Å². The van der Waals surface area contributed by atoms with Crippen LogP contribution in [0, 0.1) is 0 Å². The summed E-state index contributed by atoms with van der Waals surface area (Å²) in [7, 11) is 0. The quantitative estimate of drug-likeness (QED) is 0.407. The number of phenolic OH excluding ortho intramolecular Hbond substituents is 2. The summed E-state index contributed by atoms with van der Waals surface area (Å²) in [5, 5.41) is 20.3. The first-order valence-corrected chi connectivity index (χ1v) is 11.3. The van der Waals surface area contributed by atoms with E-state index in [0.717, 1.165) is 36.7 Å². The molecule has 0 atom stereocenters. The number of aromatic nitrogens is 1. The van der Waals surface area contributed by atoms with Gasteiger partial charge in [-0.25, -0.2) is 4.98 Å². The first-order valence-electron chi connectivity index (χ1n) is 10.4. The number of nitrogens with zero attached hydrogens (tertiary/aromatic N) is 2. The Morgan fingerprint density at radius 1 is 1.09 bits per heavy atom. The van der Waals surface area contributed by atoms with Gasteiger partial charge >= 0.3 is 6.18 Å². The molecule has 1 aliphatic heterocycles. The summed E-state index contributed by atoms with van der Waals surface area (Å²) in [5.41, 5.74) is -1.75. The molecule has 2 aromatic heterocycles. The standard InChI is InChI=1S/C23H19F3N2O4S/c24-23(25,26)21-18(22-27-13-6-2-3-7-16(13)33-22)19(31)17-15(30)10-14(29)12(20(17)32-21)11-28-8-4-1-5-9-28/h2-3,6-7,10,29-30H,1,4-5,8-9,11H2. The van der Waals surface area contributed by atoms with Crippen molar-refractivity contribution in [1.82, 2.24) is 9.88 Å². The van der Waals surface area contributed by atoms with Crippen molar-refractivity contribution < 1.29 is 27.8 Å². The van der Waals surface area contributed by atoms with Crippen molar-refractivity contribution in [2.75, 3.05) is 13.1 Å². The lowest BCUT2D eigenvalue weighted by molar-refractivity contribution is -0.152. The van der Waals surface area contributed by atoms with Crippen LogP contribution in [-0.4, -0.2) is 33.2 Å². The van der Waals surface area contributed by atoms with E-state index >= 15 is 0 Å². The first-order chi connectivity index (χ1) is 15.7. The number of rotatable bonds is 3. The molecule has 10 heteroatoms. The summed E-state index contributed by atoms with van der Waals surface area (Å²) >= 11 is 0.935. The van der Waals surface area contributed by atoms with Crippen molar-refractivity contribution >= 4 is 32.5 Å². The zero-order chi connectivity index (χ0) is 23.3. The second kappa shape index (κ2) is 8.03. The van der Waals surface area contributed by atoms with Crippen LogP contribution >= 0.6 is 11.3 Å². The van der Waals surface area contributed by atoms with Gasteiger partial charge < -0.3 is 14.6 Å². The summed E-state index contributed by atoms with van der Waals surface area (Å²) in [5.74, 6) is -2.56. The molecule has 3 heterocycles. The zero-order valence-corrected chi connectivity index (χ0v) is 18.1. The smallest absolute Gasteiger partial charge is 0.450 e. The molecule has 4 aromatic rings. The monoisotopic (exact) mass is 476 g/mol. The summed E-state index contributed by atoms with van der Waals surface area (Å²) in [6.45, 7) is 1.52. The van der Waals surface area contributed by atoms with Gasteiger partial charge in [-0.1, -0.05) is 18.6 Å². The SMILES string of the molecule is O=c1c(-c2nc3ccccc3s2)c(C(F)(F)F)oc2c(CN3CCCCC3)c(O)cc(O)c12. The molecule has 1 aliphatic rings. The van der Waals surface area contributed by atoms with E-state index in [4.69, 9.17) is 4.42 Å². The Balaban J connectivity index is 1.80. The van der Waals surface area contributed by atoms with Crippen LogP contribution in [0.3, 0.4) is 0 Å². The minimum atomic E-state index is -5.00. The van der Waals surface area contributed by atoms with E-state index in [-0.39, 0.29) is 17.1 Å². The molecule has 1 saturated heterocycles. The number of likely N-dealkylation sites (tertiary alicyclic amines) is 1. The van der Waals surface area contributed by atoms with E-state index in [1.165, 1.54) is 0 Å². The van der Waals surface area contributed by atoms with E-state index < -0.39 is 45.4 Å². The molecule has 0 aliphatic carbocycles. The fourth-order valence-electron chi connectivity index (χ4n) is 4.25. The highest BCUT2D eigenvalue weighted by Gasteiger charge is 2.41. The minimum Gasteiger partial charge on any atom is -0.507 e. The second-order valence-corrected chi connectivity index (χ2v) is 9.08. The summed E-state index contributed by atoms with van der Waals surface area (Å²) in [4.78, 5) is 19.6. The maximum absolute atomic E-state index is 14.1. The number of halogens is 3. The largest absolute Gasteiger partial charge is 0.507 e. The lowest BCUT2D eigenvalue weighted by Gasteiger charge is -2.27. The normalized spacial score (nSPS) is 15.5. The highest BCUT2D eigenvalue weighted by molar-refractivity contribution is 7.21. The van der Waals surface area contributed by atoms with E-state index in [2.05, 4.69) is 4.98 Å². The predicted octanol–water partition coefficient (Wildman–Crippen LogP) is 5.49. The molecule has 0 bridgehead atoms. The fraction of sp³-hybridized carbons (Fsp3) is 0.304. The molecule has 0 amide bonds. The Kier molecular flexibility index (Phi) is 5.29. The minimum absolute atomic E-state index is 0.0446. The van der Waals surface area contributed by atoms with Crippen LogP contribution in [0.1, 0.15) is 30.6 Å². The van der Waals surface area contributed by atoms with Gasteiger partial charge in [-0.2, -0.15) is 13.2 Å². The van der Waals surface area contributed by atoms with Crippen molar-refractivity contribution in [1.29, 1.82) is 0 Å². The van der Waals surface area contributed by atoms with Gasteiger partial charge in [-0.05, 0) is 38.1 Å². The second-order valence-electron chi connectivity index (χ2n) is 8.05. The molecule has 0 unspecified atom stereocenters. The van der Waals surface area contributed by atoms with Crippen molar-refractivity contribution in [3.05, 3.63) is 51.9 Å².